The number of aromatic nitrogens is 1. The predicted molar refractivity (Wildman–Crippen MR) is 53.2 cm³/mol. The zero-order valence-electron chi connectivity index (χ0n) is 7.11. The highest BCUT2D eigenvalue weighted by atomic mass is 35.5. The van der Waals surface area contributed by atoms with Crippen molar-refractivity contribution >= 4 is 23.4 Å². The van der Waals surface area contributed by atoms with Crippen LogP contribution in [0.25, 0.3) is 6.08 Å². The van der Waals surface area contributed by atoms with Crippen LogP contribution in [0.4, 0.5) is 0 Å². The van der Waals surface area contributed by atoms with E-state index < -0.39 is 0 Å². The van der Waals surface area contributed by atoms with Gasteiger partial charge in [0.1, 0.15) is 0 Å². The molecular formula is C9H9ClN2O. The molecule has 0 saturated carbocycles. The van der Waals surface area contributed by atoms with E-state index in [1.54, 1.807) is 37.5 Å². The van der Waals surface area contributed by atoms with Gasteiger partial charge < -0.3 is 5.21 Å². The third kappa shape index (κ3) is 3.25. The first-order chi connectivity index (χ1) is 6.22. The lowest BCUT2D eigenvalue weighted by Crippen LogP contribution is -1.83. The Morgan fingerprint density at radius 2 is 2.38 bits per heavy atom. The van der Waals surface area contributed by atoms with E-state index in [1.165, 1.54) is 0 Å². The summed E-state index contributed by atoms with van der Waals surface area (Å²) in [5.74, 6) is 0. The van der Waals surface area contributed by atoms with Gasteiger partial charge in [0.2, 0.25) is 0 Å². The molecule has 1 rings (SSSR count). The third-order valence-electron chi connectivity index (χ3n) is 1.40. The molecule has 0 aromatic carbocycles. The van der Waals surface area contributed by atoms with Gasteiger partial charge in [0.15, 0.2) is 0 Å². The van der Waals surface area contributed by atoms with Crippen molar-refractivity contribution in [1.82, 2.24) is 4.98 Å². The van der Waals surface area contributed by atoms with Crippen LogP contribution in [0.15, 0.2) is 29.7 Å². The number of pyridine rings is 1. The molecule has 0 amide bonds. The Bertz CT molecular complexity index is 347. The first kappa shape index (κ1) is 9.74. The fourth-order valence-corrected chi connectivity index (χ4v) is 0.952. The topological polar surface area (TPSA) is 45.5 Å². The van der Waals surface area contributed by atoms with Gasteiger partial charge in [0, 0.05) is 12.4 Å². The Morgan fingerprint density at radius 3 is 3.00 bits per heavy atom. The predicted octanol–water partition coefficient (Wildman–Crippen LogP) is 2.60. The first-order valence-corrected chi connectivity index (χ1v) is 4.07. The molecule has 0 atom stereocenters. The van der Waals surface area contributed by atoms with Crippen LogP contribution in [0.5, 0.6) is 0 Å². The molecule has 0 aliphatic carbocycles. The zero-order valence-corrected chi connectivity index (χ0v) is 7.86. The number of halogens is 1. The Balaban J connectivity index is 2.80. The van der Waals surface area contributed by atoms with Crippen LogP contribution in [0.1, 0.15) is 12.5 Å². The van der Waals surface area contributed by atoms with E-state index in [0.29, 0.717) is 10.7 Å². The Kier molecular flexibility index (Phi) is 3.46. The summed E-state index contributed by atoms with van der Waals surface area (Å²) in [7, 11) is 0. The molecule has 0 radical (unpaired) electrons. The summed E-state index contributed by atoms with van der Waals surface area (Å²) >= 11 is 5.72. The van der Waals surface area contributed by atoms with Crippen molar-refractivity contribution in [3.8, 4) is 0 Å². The van der Waals surface area contributed by atoms with Gasteiger partial charge in [-0.3, -0.25) is 4.98 Å². The average molecular weight is 197 g/mol. The number of rotatable bonds is 2. The van der Waals surface area contributed by atoms with Crippen molar-refractivity contribution in [3.05, 3.63) is 35.1 Å². The summed E-state index contributed by atoms with van der Waals surface area (Å²) in [6.45, 7) is 1.69. The molecule has 0 spiro atoms. The second-order valence-corrected chi connectivity index (χ2v) is 2.95. The fraction of sp³-hybridized carbons (Fsp3) is 0.111. The van der Waals surface area contributed by atoms with Gasteiger partial charge in [-0.15, -0.1) is 0 Å². The van der Waals surface area contributed by atoms with Gasteiger partial charge in [-0.1, -0.05) is 22.8 Å². The molecule has 0 aliphatic heterocycles. The van der Waals surface area contributed by atoms with Crippen molar-refractivity contribution in [3.63, 3.8) is 0 Å². The van der Waals surface area contributed by atoms with Crippen LogP contribution in [0.2, 0.25) is 5.02 Å². The average Bonchev–Trinajstić information content (AvgIpc) is 2.14. The van der Waals surface area contributed by atoms with Crippen molar-refractivity contribution in [1.29, 1.82) is 0 Å². The van der Waals surface area contributed by atoms with Gasteiger partial charge in [0.25, 0.3) is 0 Å². The lowest BCUT2D eigenvalue weighted by molar-refractivity contribution is 0.319. The van der Waals surface area contributed by atoms with E-state index in [-0.39, 0.29) is 0 Å². The van der Waals surface area contributed by atoms with E-state index in [9.17, 15) is 0 Å². The molecule has 0 bridgehead atoms. The molecule has 1 heterocycles. The summed E-state index contributed by atoms with van der Waals surface area (Å²) in [4.78, 5) is 3.90. The molecule has 4 heteroatoms. The SMILES string of the molecule is CC(C=Cc1cncc(Cl)c1)=NO. The molecule has 0 unspecified atom stereocenters. The van der Waals surface area contributed by atoms with Crippen molar-refractivity contribution < 1.29 is 5.21 Å². The molecule has 1 aromatic heterocycles. The van der Waals surface area contributed by atoms with Gasteiger partial charge >= 0.3 is 0 Å². The number of nitrogens with zero attached hydrogens (tertiary/aromatic N) is 2. The van der Waals surface area contributed by atoms with E-state index in [0.717, 1.165) is 5.56 Å². The van der Waals surface area contributed by atoms with Crippen molar-refractivity contribution in [2.45, 2.75) is 6.92 Å². The van der Waals surface area contributed by atoms with E-state index in [2.05, 4.69) is 10.1 Å². The largest absolute Gasteiger partial charge is 0.411 e. The molecule has 1 aromatic rings. The number of allylic oxidation sites excluding steroid dienone is 1. The van der Waals surface area contributed by atoms with Gasteiger partial charge in [-0.2, -0.15) is 0 Å². The smallest absolute Gasteiger partial charge is 0.0765 e. The number of hydrogen-bond acceptors (Lipinski definition) is 3. The Hall–Kier alpha value is -1.35. The second kappa shape index (κ2) is 4.62. The minimum Gasteiger partial charge on any atom is -0.411 e. The quantitative estimate of drug-likeness (QED) is 0.449. The molecule has 3 nitrogen and oxygen atoms in total. The number of hydrogen-bond donors (Lipinski definition) is 1. The summed E-state index contributed by atoms with van der Waals surface area (Å²) in [5.41, 5.74) is 1.40. The number of oxime groups is 1. The molecule has 68 valence electrons. The minimum atomic E-state index is 0.528. The third-order valence-corrected chi connectivity index (χ3v) is 1.61. The van der Waals surface area contributed by atoms with Crippen molar-refractivity contribution in [2.24, 2.45) is 5.16 Å². The van der Waals surface area contributed by atoms with Crippen LogP contribution in [0, 0.1) is 0 Å². The first-order valence-electron chi connectivity index (χ1n) is 3.69. The molecule has 0 fully saturated rings. The monoisotopic (exact) mass is 196 g/mol. The summed E-state index contributed by atoms with van der Waals surface area (Å²) in [6, 6.07) is 1.77. The second-order valence-electron chi connectivity index (χ2n) is 2.51. The standard InChI is InChI=1S/C9H9ClN2O/c1-7(12-13)2-3-8-4-9(10)6-11-5-8/h2-6,13H,1H3. The van der Waals surface area contributed by atoms with Crippen LogP contribution in [-0.4, -0.2) is 15.9 Å². The minimum absolute atomic E-state index is 0.528. The lowest BCUT2D eigenvalue weighted by Gasteiger charge is -1.92. The normalized spacial score (nSPS) is 12.3. The molecule has 13 heavy (non-hydrogen) atoms. The van der Waals surface area contributed by atoms with E-state index >= 15 is 0 Å². The van der Waals surface area contributed by atoms with Crippen LogP contribution >= 0.6 is 11.6 Å². The highest BCUT2D eigenvalue weighted by Gasteiger charge is 1.90. The van der Waals surface area contributed by atoms with Crippen molar-refractivity contribution in [2.75, 3.05) is 0 Å². The molecular weight excluding hydrogens is 188 g/mol. The van der Waals surface area contributed by atoms with Crippen LogP contribution in [0.3, 0.4) is 0 Å². The van der Waals surface area contributed by atoms with Gasteiger partial charge in [-0.25, -0.2) is 0 Å². The summed E-state index contributed by atoms with van der Waals surface area (Å²) in [5, 5.41) is 11.9. The Morgan fingerprint density at radius 1 is 1.62 bits per heavy atom. The zero-order chi connectivity index (χ0) is 9.68. The highest BCUT2D eigenvalue weighted by molar-refractivity contribution is 6.30. The summed E-state index contributed by atoms with van der Waals surface area (Å²) in [6.07, 6.45) is 6.68. The molecule has 0 saturated heterocycles. The maximum Gasteiger partial charge on any atom is 0.0765 e. The maximum absolute atomic E-state index is 8.36. The van der Waals surface area contributed by atoms with Gasteiger partial charge in [-0.05, 0) is 24.6 Å². The molecule has 0 aliphatic rings. The Labute approximate surface area is 81.4 Å². The maximum atomic E-state index is 8.36. The lowest BCUT2D eigenvalue weighted by atomic mass is 10.2. The van der Waals surface area contributed by atoms with Crippen LogP contribution in [-0.2, 0) is 0 Å². The highest BCUT2D eigenvalue weighted by Crippen LogP contribution is 2.09. The summed E-state index contributed by atoms with van der Waals surface area (Å²) < 4.78 is 0. The van der Waals surface area contributed by atoms with Crippen LogP contribution < -0.4 is 0 Å². The van der Waals surface area contributed by atoms with E-state index in [1.807, 2.05) is 0 Å². The van der Waals surface area contributed by atoms with Gasteiger partial charge in [0.05, 0.1) is 10.7 Å². The molecule has 1 N–H and O–H groups in total. The van der Waals surface area contributed by atoms with E-state index in [4.69, 9.17) is 16.8 Å². The fourth-order valence-electron chi connectivity index (χ4n) is 0.770.